The first kappa shape index (κ1) is 15.3. The van der Waals surface area contributed by atoms with Gasteiger partial charge in [0.1, 0.15) is 0 Å². The van der Waals surface area contributed by atoms with Crippen LogP contribution in [0.5, 0.6) is 0 Å². The Balaban J connectivity index is 2.27. The topological polar surface area (TPSA) is 72.2 Å². The molecule has 0 aromatic heterocycles. The summed E-state index contributed by atoms with van der Waals surface area (Å²) in [6.45, 7) is 6.04. The Bertz CT molecular complexity index is 594. The van der Waals surface area contributed by atoms with Crippen molar-refractivity contribution in [3.63, 3.8) is 0 Å². The predicted octanol–water partition coefficient (Wildman–Crippen LogP) is 2.82. The van der Waals surface area contributed by atoms with E-state index in [1.54, 1.807) is 25.1 Å². The zero-order valence-electron chi connectivity index (χ0n) is 12.4. The van der Waals surface area contributed by atoms with E-state index in [9.17, 15) is 8.42 Å². The van der Waals surface area contributed by atoms with Crippen LogP contribution in [0, 0.1) is 12.3 Å². The van der Waals surface area contributed by atoms with E-state index in [0.717, 1.165) is 19.3 Å². The molecule has 0 spiro atoms. The minimum atomic E-state index is -3.48. The molecule has 112 valence electrons. The summed E-state index contributed by atoms with van der Waals surface area (Å²) in [5.41, 5.74) is 6.96. The smallest absolute Gasteiger partial charge is 0.241 e. The molecule has 1 saturated carbocycles. The highest BCUT2D eigenvalue weighted by Crippen LogP contribution is 2.36. The van der Waals surface area contributed by atoms with E-state index in [0.29, 0.717) is 16.1 Å². The molecule has 5 heteroatoms. The van der Waals surface area contributed by atoms with Gasteiger partial charge in [0.2, 0.25) is 10.0 Å². The number of hydrogen-bond donors (Lipinski definition) is 2. The molecule has 0 aliphatic heterocycles. The van der Waals surface area contributed by atoms with E-state index in [4.69, 9.17) is 5.73 Å². The first-order chi connectivity index (χ1) is 9.22. The van der Waals surface area contributed by atoms with Gasteiger partial charge in [0, 0.05) is 11.7 Å². The van der Waals surface area contributed by atoms with Gasteiger partial charge in [-0.3, -0.25) is 0 Å². The predicted molar refractivity (Wildman–Crippen MR) is 81.9 cm³/mol. The number of sulfonamides is 1. The first-order valence-electron chi connectivity index (χ1n) is 7.11. The van der Waals surface area contributed by atoms with Gasteiger partial charge in [0.15, 0.2) is 0 Å². The molecule has 1 atom stereocenters. The van der Waals surface area contributed by atoms with Crippen molar-refractivity contribution in [2.75, 3.05) is 5.73 Å². The molecule has 1 unspecified atom stereocenters. The number of hydrogen-bond acceptors (Lipinski definition) is 3. The molecule has 1 aliphatic carbocycles. The SMILES string of the molecule is Cc1cc(N)ccc1S(=O)(=O)NC1CCCCC1(C)C. The first-order valence-corrected chi connectivity index (χ1v) is 8.59. The highest BCUT2D eigenvalue weighted by Gasteiger charge is 2.35. The number of nitrogen functional groups attached to an aromatic ring is 1. The Morgan fingerprint density at radius 3 is 2.60 bits per heavy atom. The molecule has 0 heterocycles. The summed E-state index contributed by atoms with van der Waals surface area (Å²) in [5, 5.41) is 0. The fraction of sp³-hybridized carbons (Fsp3) is 0.600. The summed E-state index contributed by atoms with van der Waals surface area (Å²) in [5.74, 6) is 0. The van der Waals surface area contributed by atoms with Crippen LogP contribution in [0.2, 0.25) is 0 Å². The van der Waals surface area contributed by atoms with Crippen molar-refractivity contribution in [1.29, 1.82) is 0 Å². The standard InChI is InChI=1S/C15H24N2O2S/c1-11-10-12(16)7-8-13(11)20(18,19)17-14-6-4-5-9-15(14,2)3/h7-8,10,14,17H,4-6,9,16H2,1-3H3. The van der Waals surface area contributed by atoms with Gasteiger partial charge in [0.25, 0.3) is 0 Å². The van der Waals surface area contributed by atoms with Crippen molar-refractivity contribution >= 4 is 15.7 Å². The molecular formula is C15H24N2O2S. The van der Waals surface area contributed by atoms with Gasteiger partial charge < -0.3 is 5.73 Å². The second-order valence-electron chi connectivity index (χ2n) is 6.43. The number of nitrogens with two attached hydrogens (primary N) is 1. The van der Waals surface area contributed by atoms with Crippen LogP contribution in [0.1, 0.15) is 45.1 Å². The van der Waals surface area contributed by atoms with E-state index < -0.39 is 10.0 Å². The lowest BCUT2D eigenvalue weighted by Gasteiger charge is -2.38. The van der Waals surface area contributed by atoms with Crippen molar-refractivity contribution in [2.45, 2.75) is 57.4 Å². The number of aryl methyl sites for hydroxylation is 1. The van der Waals surface area contributed by atoms with Crippen LogP contribution in [0.25, 0.3) is 0 Å². The molecule has 1 fully saturated rings. The molecule has 1 aliphatic rings. The third-order valence-electron chi connectivity index (χ3n) is 4.29. The maximum absolute atomic E-state index is 12.6. The van der Waals surface area contributed by atoms with E-state index in [1.165, 1.54) is 6.42 Å². The summed E-state index contributed by atoms with van der Waals surface area (Å²) in [7, 11) is -3.48. The quantitative estimate of drug-likeness (QED) is 0.842. The summed E-state index contributed by atoms with van der Waals surface area (Å²) >= 11 is 0. The highest BCUT2D eigenvalue weighted by atomic mass is 32.2. The lowest BCUT2D eigenvalue weighted by Crippen LogP contribution is -2.46. The van der Waals surface area contributed by atoms with Gasteiger partial charge in [-0.15, -0.1) is 0 Å². The molecule has 0 amide bonds. The summed E-state index contributed by atoms with van der Waals surface area (Å²) in [6.07, 6.45) is 4.21. The molecule has 4 nitrogen and oxygen atoms in total. The van der Waals surface area contributed by atoms with Gasteiger partial charge in [-0.1, -0.05) is 26.7 Å². The van der Waals surface area contributed by atoms with Crippen LogP contribution < -0.4 is 10.5 Å². The molecule has 0 bridgehead atoms. The summed E-state index contributed by atoms with van der Waals surface area (Å²) < 4.78 is 28.0. The average Bonchev–Trinajstić information content (AvgIpc) is 2.31. The molecular weight excluding hydrogens is 272 g/mol. The number of rotatable bonds is 3. The monoisotopic (exact) mass is 296 g/mol. The second-order valence-corrected chi connectivity index (χ2v) is 8.12. The van der Waals surface area contributed by atoms with Crippen LogP contribution in [0.3, 0.4) is 0 Å². The Morgan fingerprint density at radius 1 is 1.30 bits per heavy atom. The molecule has 20 heavy (non-hydrogen) atoms. The van der Waals surface area contributed by atoms with Crippen LogP contribution in [0.4, 0.5) is 5.69 Å². The minimum Gasteiger partial charge on any atom is -0.399 e. The van der Waals surface area contributed by atoms with Crippen molar-refractivity contribution < 1.29 is 8.42 Å². The Hall–Kier alpha value is -1.07. The zero-order chi connectivity index (χ0) is 15.0. The normalized spacial score (nSPS) is 22.6. The van der Waals surface area contributed by atoms with Crippen molar-refractivity contribution in [3.05, 3.63) is 23.8 Å². The van der Waals surface area contributed by atoms with Gasteiger partial charge in [-0.05, 0) is 48.9 Å². The van der Waals surface area contributed by atoms with E-state index in [1.807, 2.05) is 0 Å². The van der Waals surface area contributed by atoms with Gasteiger partial charge in [-0.25, -0.2) is 13.1 Å². The largest absolute Gasteiger partial charge is 0.399 e. The van der Waals surface area contributed by atoms with Crippen LogP contribution in [0.15, 0.2) is 23.1 Å². The molecule has 0 saturated heterocycles. The fourth-order valence-corrected chi connectivity index (χ4v) is 4.61. The van der Waals surface area contributed by atoms with E-state index in [2.05, 4.69) is 18.6 Å². The molecule has 0 radical (unpaired) electrons. The maximum atomic E-state index is 12.6. The average molecular weight is 296 g/mol. The minimum absolute atomic E-state index is 0.00166. The third-order valence-corrected chi connectivity index (χ3v) is 5.93. The summed E-state index contributed by atoms with van der Waals surface area (Å²) in [6, 6.07) is 4.91. The van der Waals surface area contributed by atoms with Crippen molar-refractivity contribution in [1.82, 2.24) is 4.72 Å². The molecule has 2 rings (SSSR count). The lowest BCUT2D eigenvalue weighted by atomic mass is 9.74. The van der Waals surface area contributed by atoms with Gasteiger partial charge in [0.05, 0.1) is 4.90 Å². The van der Waals surface area contributed by atoms with Crippen LogP contribution >= 0.6 is 0 Å². The second kappa shape index (κ2) is 5.37. The van der Waals surface area contributed by atoms with Crippen LogP contribution in [-0.4, -0.2) is 14.5 Å². The Labute approximate surface area is 121 Å². The Morgan fingerprint density at radius 2 is 2.00 bits per heavy atom. The zero-order valence-corrected chi connectivity index (χ0v) is 13.3. The molecule has 3 N–H and O–H groups in total. The van der Waals surface area contributed by atoms with E-state index >= 15 is 0 Å². The summed E-state index contributed by atoms with van der Waals surface area (Å²) in [4.78, 5) is 0.327. The Kier molecular flexibility index (Phi) is 4.12. The van der Waals surface area contributed by atoms with Crippen molar-refractivity contribution in [3.8, 4) is 0 Å². The van der Waals surface area contributed by atoms with Gasteiger partial charge >= 0.3 is 0 Å². The maximum Gasteiger partial charge on any atom is 0.241 e. The third kappa shape index (κ3) is 3.15. The number of benzene rings is 1. The van der Waals surface area contributed by atoms with Crippen LogP contribution in [-0.2, 0) is 10.0 Å². The van der Waals surface area contributed by atoms with Crippen molar-refractivity contribution in [2.24, 2.45) is 5.41 Å². The van der Waals surface area contributed by atoms with Gasteiger partial charge in [-0.2, -0.15) is 0 Å². The highest BCUT2D eigenvalue weighted by molar-refractivity contribution is 7.89. The number of anilines is 1. The molecule has 1 aromatic carbocycles. The number of nitrogens with one attached hydrogen (secondary N) is 1. The van der Waals surface area contributed by atoms with E-state index in [-0.39, 0.29) is 11.5 Å². The lowest BCUT2D eigenvalue weighted by molar-refractivity contribution is 0.188. The molecule has 1 aromatic rings. The fourth-order valence-electron chi connectivity index (χ4n) is 2.94.